The van der Waals surface area contributed by atoms with Gasteiger partial charge in [0.15, 0.2) is 0 Å². The number of esters is 1. The number of nitriles is 1. The fourth-order valence-corrected chi connectivity index (χ4v) is 1.74. The Balaban J connectivity index is 2.22. The normalized spacial score (nSPS) is 9.41. The quantitative estimate of drug-likeness (QED) is 0.606. The summed E-state index contributed by atoms with van der Waals surface area (Å²) in [5.41, 5.74) is 0.386. The second kappa shape index (κ2) is 7.52. The molecule has 0 amide bonds. The highest BCUT2D eigenvalue weighted by atomic mass is 32.2. The first-order valence-electron chi connectivity index (χ1n) is 5.02. The van der Waals surface area contributed by atoms with Crippen molar-refractivity contribution in [1.82, 2.24) is 4.98 Å². The summed E-state index contributed by atoms with van der Waals surface area (Å²) in [6, 6.07) is 7.19. The van der Waals surface area contributed by atoms with Crippen LogP contribution < -0.4 is 5.32 Å². The van der Waals surface area contributed by atoms with Crippen LogP contribution in [-0.2, 0) is 9.53 Å². The number of pyridine rings is 1. The smallest absolute Gasteiger partial charge is 0.315 e. The topological polar surface area (TPSA) is 75.0 Å². The lowest BCUT2D eigenvalue weighted by Crippen LogP contribution is -2.09. The van der Waals surface area contributed by atoms with Crippen molar-refractivity contribution in [3.63, 3.8) is 0 Å². The SMILES string of the molecule is COC(=O)CSCCNc1cccc(C#N)n1. The number of carbonyl (C=O) groups is 1. The number of aromatic nitrogens is 1. The summed E-state index contributed by atoms with van der Waals surface area (Å²) < 4.78 is 4.52. The average molecular weight is 251 g/mol. The number of nitrogens with zero attached hydrogens (tertiary/aromatic N) is 2. The van der Waals surface area contributed by atoms with E-state index in [0.717, 1.165) is 5.75 Å². The van der Waals surface area contributed by atoms with E-state index >= 15 is 0 Å². The number of anilines is 1. The fraction of sp³-hybridized carbons (Fsp3) is 0.364. The molecule has 1 heterocycles. The molecule has 1 rings (SSSR count). The molecule has 0 saturated carbocycles. The highest BCUT2D eigenvalue weighted by Gasteiger charge is 2.00. The Morgan fingerprint density at radius 1 is 1.65 bits per heavy atom. The summed E-state index contributed by atoms with van der Waals surface area (Å²) in [6.45, 7) is 0.684. The highest BCUT2D eigenvalue weighted by Crippen LogP contribution is 2.05. The number of ether oxygens (including phenoxy) is 1. The predicted molar refractivity (Wildman–Crippen MR) is 66.8 cm³/mol. The van der Waals surface area contributed by atoms with Gasteiger partial charge in [0.2, 0.25) is 0 Å². The minimum atomic E-state index is -0.223. The van der Waals surface area contributed by atoms with Gasteiger partial charge in [-0.3, -0.25) is 4.79 Å². The minimum Gasteiger partial charge on any atom is -0.468 e. The van der Waals surface area contributed by atoms with Crippen LogP contribution in [0.5, 0.6) is 0 Å². The number of thioether (sulfide) groups is 1. The van der Waals surface area contributed by atoms with Crippen molar-refractivity contribution in [3.8, 4) is 6.07 Å². The molecule has 0 atom stereocenters. The second-order valence-electron chi connectivity index (χ2n) is 3.08. The molecule has 0 unspecified atom stereocenters. The van der Waals surface area contributed by atoms with Gasteiger partial charge in [-0.05, 0) is 12.1 Å². The van der Waals surface area contributed by atoms with Gasteiger partial charge in [-0.2, -0.15) is 5.26 Å². The van der Waals surface area contributed by atoms with Gasteiger partial charge < -0.3 is 10.1 Å². The monoisotopic (exact) mass is 251 g/mol. The molecule has 0 aromatic carbocycles. The number of rotatable bonds is 6. The van der Waals surface area contributed by atoms with Gasteiger partial charge in [0.05, 0.1) is 12.9 Å². The lowest BCUT2D eigenvalue weighted by atomic mass is 10.3. The van der Waals surface area contributed by atoms with Crippen molar-refractivity contribution in [2.24, 2.45) is 0 Å². The van der Waals surface area contributed by atoms with E-state index in [4.69, 9.17) is 5.26 Å². The Kier molecular flexibility index (Phi) is 5.89. The number of carbonyl (C=O) groups excluding carboxylic acids is 1. The molecule has 0 radical (unpaired) electrons. The summed E-state index contributed by atoms with van der Waals surface area (Å²) in [4.78, 5) is 14.9. The number of methoxy groups -OCH3 is 1. The molecule has 0 spiro atoms. The molecular formula is C11H13N3O2S. The van der Waals surface area contributed by atoms with Gasteiger partial charge in [-0.1, -0.05) is 6.07 Å². The van der Waals surface area contributed by atoms with Crippen molar-refractivity contribution in [2.45, 2.75) is 0 Å². The molecule has 0 aliphatic carbocycles. The van der Waals surface area contributed by atoms with Gasteiger partial charge in [-0.25, -0.2) is 4.98 Å². The number of hydrogen-bond acceptors (Lipinski definition) is 6. The van der Waals surface area contributed by atoms with Crippen LogP contribution in [0, 0.1) is 11.3 Å². The van der Waals surface area contributed by atoms with Crippen LogP contribution in [0.2, 0.25) is 0 Å². The van der Waals surface area contributed by atoms with Crippen LogP contribution >= 0.6 is 11.8 Å². The fourth-order valence-electron chi connectivity index (χ4n) is 1.06. The first-order chi connectivity index (χ1) is 8.26. The van der Waals surface area contributed by atoms with Crippen LogP contribution in [0.3, 0.4) is 0 Å². The largest absolute Gasteiger partial charge is 0.468 e. The van der Waals surface area contributed by atoms with Crippen LogP contribution in [0.25, 0.3) is 0 Å². The third kappa shape index (κ3) is 5.22. The van der Waals surface area contributed by atoms with E-state index in [2.05, 4.69) is 15.0 Å². The van der Waals surface area contributed by atoms with E-state index in [9.17, 15) is 4.79 Å². The second-order valence-corrected chi connectivity index (χ2v) is 4.18. The van der Waals surface area contributed by atoms with Crippen molar-refractivity contribution >= 4 is 23.5 Å². The molecule has 0 saturated heterocycles. The summed E-state index contributed by atoms with van der Waals surface area (Å²) in [5, 5.41) is 11.7. The Hall–Kier alpha value is -1.74. The summed E-state index contributed by atoms with van der Waals surface area (Å²) in [7, 11) is 1.37. The molecule has 6 heteroatoms. The van der Waals surface area contributed by atoms with Crippen LogP contribution in [-0.4, -0.2) is 36.1 Å². The molecular weight excluding hydrogens is 238 g/mol. The van der Waals surface area contributed by atoms with Crippen molar-refractivity contribution in [2.75, 3.05) is 30.5 Å². The average Bonchev–Trinajstić information content (AvgIpc) is 2.38. The van der Waals surface area contributed by atoms with E-state index in [1.165, 1.54) is 18.9 Å². The first-order valence-corrected chi connectivity index (χ1v) is 6.17. The number of hydrogen-bond donors (Lipinski definition) is 1. The summed E-state index contributed by atoms with van der Waals surface area (Å²) >= 11 is 1.49. The first kappa shape index (κ1) is 13.3. The summed E-state index contributed by atoms with van der Waals surface area (Å²) in [6.07, 6.45) is 0. The highest BCUT2D eigenvalue weighted by molar-refractivity contribution is 7.99. The van der Waals surface area contributed by atoms with Gasteiger partial charge in [0, 0.05) is 12.3 Å². The van der Waals surface area contributed by atoms with E-state index in [0.29, 0.717) is 23.8 Å². The summed E-state index contributed by atoms with van der Waals surface area (Å²) in [5.74, 6) is 1.57. The molecule has 0 aliphatic heterocycles. The Morgan fingerprint density at radius 2 is 2.47 bits per heavy atom. The Morgan fingerprint density at radius 3 is 3.18 bits per heavy atom. The van der Waals surface area contributed by atoms with Crippen molar-refractivity contribution < 1.29 is 9.53 Å². The third-order valence-corrected chi connectivity index (χ3v) is 2.80. The predicted octanol–water partition coefficient (Wildman–Crippen LogP) is 1.27. The van der Waals surface area contributed by atoms with Gasteiger partial charge in [0.1, 0.15) is 17.6 Å². The lowest BCUT2D eigenvalue weighted by Gasteiger charge is -2.04. The van der Waals surface area contributed by atoms with Crippen LogP contribution in [0.15, 0.2) is 18.2 Å². The molecule has 90 valence electrons. The third-order valence-electron chi connectivity index (χ3n) is 1.86. The van der Waals surface area contributed by atoms with Crippen LogP contribution in [0.4, 0.5) is 5.82 Å². The van der Waals surface area contributed by atoms with E-state index in [-0.39, 0.29) is 5.97 Å². The molecule has 0 bridgehead atoms. The minimum absolute atomic E-state index is 0.223. The maximum Gasteiger partial charge on any atom is 0.315 e. The molecule has 1 aromatic rings. The zero-order chi connectivity index (χ0) is 12.5. The molecule has 0 fully saturated rings. The van der Waals surface area contributed by atoms with Gasteiger partial charge in [0.25, 0.3) is 0 Å². The van der Waals surface area contributed by atoms with Gasteiger partial charge in [-0.15, -0.1) is 11.8 Å². The Bertz CT molecular complexity index is 417. The van der Waals surface area contributed by atoms with Gasteiger partial charge >= 0.3 is 5.97 Å². The Labute approximate surface area is 104 Å². The van der Waals surface area contributed by atoms with E-state index in [1.54, 1.807) is 18.2 Å². The van der Waals surface area contributed by atoms with Crippen LogP contribution in [0.1, 0.15) is 5.69 Å². The molecule has 17 heavy (non-hydrogen) atoms. The molecule has 5 nitrogen and oxygen atoms in total. The van der Waals surface area contributed by atoms with E-state index in [1.807, 2.05) is 6.07 Å². The van der Waals surface area contributed by atoms with Crippen molar-refractivity contribution in [3.05, 3.63) is 23.9 Å². The number of nitrogens with one attached hydrogen (secondary N) is 1. The molecule has 1 N–H and O–H groups in total. The van der Waals surface area contributed by atoms with E-state index < -0.39 is 0 Å². The zero-order valence-corrected chi connectivity index (χ0v) is 10.3. The van der Waals surface area contributed by atoms with Crippen molar-refractivity contribution in [1.29, 1.82) is 5.26 Å². The maximum absolute atomic E-state index is 10.8. The molecule has 1 aromatic heterocycles. The lowest BCUT2D eigenvalue weighted by molar-refractivity contribution is -0.137. The zero-order valence-electron chi connectivity index (χ0n) is 9.47. The molecule has 0 aliphatic rings. The standard InChI is InChI=1S/C11H13N3O2S/c1-16-11(15)8-17-6-5-13-10-4-2-3-9(7-12)14-10/h2-4H,5-6,8H2,1H3,(H,13,14). The maximum atomic E-state index is 10.8.